The van der Waals surface area contributed by atoms with E-state index in [1.807, 2.05) is 24.3 Å². The number of benzene rings is 3. The summed E-state index contributed by atoms with van der Waals surface area (Å²) in [7, 11) is -2.73. The van der Waals surface area contributed by atoms with E-state index >= 15 is 0 Å². The SMILES string of the molecule is COc1cccc(CCCNC(=O)CN(c2cccc(C(F)(F)F)c2)S(=O)(=O)c2ccccc2)c1. The van der Waals surface area contributed by atoms with Crippen LogP contribution in [0, 0.1) is 0 Å². The van der Waals surface area contributed by atoms with E-state index in [1.54, 1.807) is 13.2 Å². The Labute approximate surface area is 202 Å². The summed E-state index contributed by atoms with van der Waals surface area (Å²) in [6.07, 6.45) is -3.44. The van der Waals surface area contributed by atoms with Crippen molar-refractivity contribution in [2.24, 2.45) is 0 Å². The monoisotopic (exact) mass is 506 g/mol. The molecule has 0 spiro atoms. The minimum Gasteiger partial charge on any atom is -0.497 e. The first-order valence-electron chi connectivity index (χ1n) is 10.8. The molecule has 0 fully saturated rings. The van der Waals surface area contributed by atoms with Crippen molar-refractivity contribution >= 4 is 21.6 Å². The second kappa shape index (κ2) is 11.3. The molecule has 0 atom stereocenters. The van der Waals surface area contributed by atoms with Gasteiger partial charge in [-0.15, -0.1) is 0 Å². The van der Waals surface area contributed by atoms with Crippen LogP contribution in [0.2, 0.25) is 0 Å². The van der Waals surface area contributed by atoms with Crippen molar-refractivity contribution in [3.8, 4) is 5.75 Å². The third kappa shape index (κ3) is 6.98. The van der Waals surface area contributed by atoms with Gasteiger partial charge >= 0.3 is 6.18 Å². The Kier molecular flexibility index (Phi) is 8.39. The summed E-state index contributed by atoms with van der Waals surface area (Å²) in [5, 5.41) is 2.65. The van der Waals surface area contributed by atoms with Crippen molar-refractivity contribution in [3.63, 3.8) is 0 Å². The number of carbonyl (C=O) groups is 1. The molecule has 0 aromatic heterocycles. The highest BCUT2D eigenvalue weighted by Gasteiger charge is 2.33. The lowest BCUT2D eigenvalue weighted by Gasteiger charge is -2.25. The Hall–Kier alpha value is -3.53. The van der Waals surface area contributed by atoms with Crippen LogP contribution in [0.15, 0.2) is 83.8 Å². The summed E-state index contributed by atoms with van der Waals surface area (Å²) in [5.74, 6) is 0.0851. The van der Waals surface area contributed by atoms with Crippen LogP contribution in [0.1, 0.15) is 17.5 Å². The lowest BCUT2D eigenvalue weighted by molar-refractivity contribution is -0.137. The summed E-state index contributed by atoms with van der Waals surface area (Å²) < 4.78 is 72.1. The predicted molar refractivity (Wildman–Crippen MR) is 127 cm³/mol. The number of halogens is 3. The quantitative estimate of drug-likeness (QED) is 0.406. The minimum absolute atomic E-state index is 0.136. The maximum Gasteiger partial charge on any atom is 0.416 e. The van der Waals surface area contributed by atoms with Crippen LogP contribution in [-0.4, -0.2) is 34.5 Å². The molecule has 35 heavy (non-hydrogen) atoms. The van der Waals surface area contributed by atoms with Crippen molar-refractivity contribution < 1.29 is 31.1 Å². The molecule has 0 aliphatic heterocycles. The van der Waals surface area contributed by atoms with Gasteiger partial charge in [0.2, 0.25) is 5.91 Å². The molecule has 1 amide bonds. The Morgan fingerprint density at radius 3 is 2.37 bits per heavy atom. The van der Waals surface area contributed by atoms with Crippen LogP contribution in [0.3, 0.4) is 0 Å². The number of sulfonamides is 1. The molecule has 0 unspecified atom stereocenters. The summed E-state index contributed by atoms with van der Waals surface area (Å²) in [6.45, 7) is -0.407. The first kappa shape index (κ1) is 26.1. The molecule has 3 aromatic carbocycles. The molecule has 1 N–H and O–H groups in total. The first-order chi connectivity index (χ1) is 16.6. The number of rotatable bonds is 10. The Bertz CT molecular complexity index is 1250. The zero-order valence-corrected chi connectivity index (χ0v) is 19.8. The van der Waals surface area contributed by atoms with Crippen LogP contribution in [0.25, 0.3) is 0 Å². The van der Waals surface area contributed by atoms with Crippen LogP contribution in [0.5, 0.6) is 5.75 Å². The Morgan fingerprint density at radius 1 is 0.971 bits per heavy atom. The molecular weight excluding hydrogens is 481 g/mol. The fourth-order valence-electron chi connectivity index (χ4n) is 3.41. The van der Waals surface area contributed by atoms with Gasteiger partial charge in [0.15, 0.2) is 0 Å². The standard InChI is InChI=1S/C25H25F3N2O4S/c1-34-22-12-5-8-19(16-22)9-7-15-29-24(31)18-30(35(32,33)23-13-3-2-4-14-23)21-11-6-10-20(17-21)25(26,27)28/h2-6,8,10-14,16-17H,7,9,15,18H2,1H3,(H,29,31). The van der Waals surface area contributed by atoms with Crippen molar-refractivity contribution in [3.05, 3.63) is 90.0 Å². The highest BCUT2D eigenvalue weighted by molar-refractivity contribution is 7.92. The Morgan fingerprint density at radius 2 is 1.69 bits per heavy atom. The van der Waals surface area contributed by atoms with Crippen molar-refractivity contribution in [2.75, 3.05) is 24.5 Å². The number of ether oxygens (including phenoxy) is 1. The molecule has 3 rings (SSSR count). The Balaban J connectivity index is 1.75. The van der Waals surface area contributed by atoms with Gasteiger partial charge in [0.1, 0.15) is 12.3 Å². The summed E-state index contributed by atoms with van der Waals surface area (Å²) in [6, 6.07) is 18.6. The van der Waals surface area contributed by atoms with Gasteiger partial charge in [-0.2, -0.15) is 13.2 Å². The number of hydrogen-bond donors (Lipinski definition) is 1. The number of carbonyl (C=O) groups excluding carboxylic acids is 1. The summed E-state index contributed by atoms with van der Waals surface area (Å²) >= 11 is 0. The molecule has 0 heterocycles. The van der Waals surface area contributed by atoms with Gasteiger partial charge in [-0.3, -0.25) is 9.10 Å². The molecule has 0 aliphatic rings. The van der Waals surface area contributed by atoms with Gasteiger partial charge in [-0.05, 0) is 60.9 Å². The van der Waals surface area contributed by atoms with Crippen molar-refractivity contribution in [2.45, 2.75) is 23.9 Å². The van der Waals surface area contributed by atoms with E-state index in [-0.39, 0.29) is 17.1 Å². The number of nitrogens with one attached hydrogen (secondary N) is 1. The van der Waals surface area contributed by atoms with E-state index in [1.165, 1.54) is 30.3 Å². The van der Waals surface area contributed by atoms with E-state index < -0.39 is 34.2 Å². The van der Waals surface area contributed by atoms with E-state index in [0.717, 1.165) is 29.5 Å². The third-order valence-corrected chi connectivity index (χ3v) is 6.97. The lowest BCUT2D eigenvalue weighted by atomic mass is 10.1. The topological polar surface area (TPSA) is 75.7 Å². The largest absolute Gasteiger partial charge is 0.497 e. The normalized spacial score (nSPS) is 11.7. The molecule has 0 saturated carbocycles. The smallest absolute Gasteiger partial charge is 0.416 e. The molecule has 0 bridgehead atoms. The average molecular weight is 507 g/mol. The van der Waals surface area contributed by atoms with Gasteiger partial charge in [0.25, 0.3) is 10.0 Å². The molecule has 6 nitrogen and oxygen atoms in total. The number of aryl methyl sites for hydroxylation is 1. The molecule has 0 saturated heterocycles. The predicted octanol–water partition coefficient (Wildman–Crippen LogP) is 4.66. The maximum absolute atomic E-state index is 13.3. The minimum atomic E-state index is -4.67. The van der Waals surface area contributed by atoms with Gasteiger partial charge in [-0.25, -0.2) is 8.42 Å². The van der Waals surface area contributed by atoms with Crippen molar-refractivity contribution in [1.82, 2.24) is 5.32 Å². The van der Waals surface area contributed by atoms with E-state index in [9.17, 15) is 26.4 Å². The number of methoxy groups -OCH3 is 1. The van der Waals surface area contributed by atoms with Gasteiger partial charge in [0.05, 0.1) is 23.3 Å². The second-order valence-corrected chi connectivity index (χ2v) is 9.54. The van der Waals surface area contributed by atoms with E-state index in [4.69, 9.17) is 4.74 Å². The zero-order chi connectivity index (χ0) is 25.5. The fraction of sp³-hybridized carbons (Fsp3) is 0.240. The molecule has 0 radical (unpaired) electrons. The van der Waals surface area contributed by atoms with E-state index in [0.29, 0.717) is 17.1 Å². The zero-order valence-electron chi connectivity index (χ0n) is 19.0. The molecule has 186 valence electrons. The number of alkyl halides is 3. The molecule has 0 aliphatic carbocycles. The summed E-state index contributed by atoms with van der Waals surface area (Å²) in [4.78, 5) is 12.5. The highest BCUT2D eigenvalue weighted by Crippen LogP contribution is 2.33. The van der Waals surface area contributed by atoms with Crippen LogP contribution < -0.4 is 14.4 Å². The third-order valence-electron chi connectivity index (χ3n) is 5.18. The average Bonchev–Trinajstić information content (AvgIpc) is 2.85. The second-order valence-electron chi connectivity index (χ2n) is 7.68. The number of anilines is 1. The highest BCUT2D eigenvalue weighted by atomic mass is 32.2. The van der Waals surface area contributed by atoms with Crippen LogP contribution in [0.4, 0.5) is 18.9 Å². The molecular formula is C25H25F3N2O4S. The first-order valence-corrected chi connectivity index (χ1v) is 12.2. The van der Waals surface area contributed by atoms with Crippen LogP contribution >= 0.6 is 0 Å². The fourth-order valence-corrected chi connectivity index (χ4v) is 4.84. The maximum atomic E-state index is 13.3. The van der Waals surface area contributed by atoms with Crippen LogP contribution in [-0.2, 0) is 27.4 Å². The molecule has 10 heteroatoms. The van der Waals surface area contributed by atoms with E-state index in [2.05, 4.69) is 5.32 Å². The van der Waals surface area contributed by atoms with Crippen molar-refractivity contribution in [1.29, 1.82) is 0 Å². The van der Waals surface area contributed by atoms with Gasteiger partial charge in [-0.1, -0.05) is 36.4 Å². The van der Waals surface area contributed by atoms with Gasteiger partial charge in [0, 0.05) is 6.54 Å². The lowest BCUT2D eigenvalue weighted by Crippen LogP contribution is -2.41. The number of hydrogen-bond acceptors (Lipinski definition) is 4. The van der Waals surface area contributed by atoms with Gasteiger partial charge < -0.3 is 10.1 Å². The summed E-state index contributed by atoms with van der Waals surface area (Å²) in [5.41, 5.74) is -0.256. The molecule has 3 aromatic rings. The number of amides is 1. The number of nitrogens with zero attached hydrogens (tertiary/aromatic N) is 1.